The zero-order valence-corrected chi connectivity index (χ0v) is 18.5. The fourth-order valence-corrected chi connectivity index (χ4v) is 3.59. The zero-order valence-electron chi connectivity index (χ0n) is 18.5. The van der Waals surface area contributed by atoms with Crippen LogP contribution in [0.3, 0.4) is 0 Å². The highest BCUT2D eigenvalue weighted by Gasteiger charge is 2.13. The molecule has 3 aromatic rings. The highest BCUT2D eigenvalue weighted by Crippen LogP contribution is 2.33. The standard InChI is InChI=1S/C28H31FO2/c1-4-5-6-10-13-23-14-15-24(18-27(23)29)21(2)26-17-16-25(19-28(26)30-3)31-20-22-11-8-7-9-12-22/h7-9,11-12,14-19H,2,4-6,10,13,20H2,1,3H3. The molecule has 0 saturated heterocycles. The molecule has 3 rings (SSSR count). The lowest BCUT2D eigenvalue weighted by atomic mass is 9.96. The molecule has 0 heterocycles. The first-order valence-electron chi connectivity index (χ1n) is 10.9. The van der Waals surface area contributed by atoms with Crippen molar-refractivity contribution in [3.63, 3.8) is 0 Å². The van der Waals surface area contributed by atoms with Gasteiger partial charge in [0, 0.05) is 11.6 Å². The minimum absolute atomic E-state index is 0.170. The lowest BCUT2D eigenvalue weighted by molar-refractivity contribution is 0.303. The Labute approximate surface area is 185 Å². The molecule has 0 aliphatic carbocycles. The summed E-state index contributed by atoms with van der Waals surface area (Å²) in [6, 6.07) is 21.1. The molecule has 0 aliphatic rings. The number of aryl methyl sites for hydroxylation is 1. The number of benzene rings is 3. The minimum atomic E-state index is -0.170. The molecule has 0 N–H and O–H groups in total. The Morgan fingerprint density at radius 1 is 0.935 bits per heavy atom. The molecule has 3 heteroatoms. The van der Waals surface area contributed by atoms with Crippen LogP contribution in [-0.2, 0) is 13.0 Å². The summed E-state index contributed by atoms with van der Waals surface area (Å²) in [6.45, 7) is 6.86. The normalized spacial score (nSPS) is 10.7. The maximum Gasteiger partial charge on any atom is 0.130 e. The molecule has 0 aliphatic heterocycles. The Hall–Kier alpha value is -3.07. The fourth-order valence-electron chi connectivity index (χ4n) is 3.59. The van der Waals surface area contributed by atoms with E-state index in [1.54, 1.807) is 13.2 Å². The van der Waals surface area contributed by atoms with Crippen LogP contribution in [0, 0.1) is 5.82 Å². The van der Waals surface area contributed by atoms with E-state index in [2.05, 4.69) is 13.5 Å². The van der Waals surface area contributed by atoms with Crippen LogP contribution in [-0.4, -0.2) is 7.11 Å². The topological polar surface area (TPSA) is 18.5 Å². The van der Waals surface area contributed by atoms with Gasteiger partial charge in [-0.15, -0.1) is 0 Å². The Balaban J connectivity index is 1.71. The van der Waals surface area contributed by atoms with Gasteiger partial charge in [-0.25, -0.2) is 4.39 Å². The van der Waals surface area contributed by atoms with Gasteiger partial charge in [-0.05, 0) is 53.3 Å². The number of ether oxygens (including phenoxy) is 2. The number of methoxy groups -OCH3 is 1. The van der Waals surface area contributed by atoms with E-state index in [-0.39, 0.29) is 5.82 Å². The third-order valence-corrected chi connectivity index (χ3v) is 5.45. The van der Waals surface area contributed by atoms with Crippen LogP contribution in [0.4, 0.5) is 4.39 Å². The van der Waals surface area contributed by atoms with Crippen LogP contribution < -0.4 is 9.47 Å². The second-order valence-corrected chi connectivity index (χ2v) is 7.73. The predicted octanol–water partition coefficient (Wildman–Crippen LogP) is 7.60. The van der Waals surface area contributed by atoms with Gasteiger partial charge in [0.1, 0.15) is 23.9 Å². The second kappa shape index (κ2) is 11.4. The lowest BCUT2D eigenvalue weighted by Gasteiger charge is -2.15. The summed E-state index contributed by atoms with van der Waals surface area (Å²) in [7, 11) is 1.62. The third-order valence-electron chi connectivity index (χ3n) is 5.45. The van der Waals surface area contributed by atoms with E-state index in [4.69, 9.17) is 9.47 Å². The van der Waals surface area contributed by atoms with Crippen molar-refractivity contribution in [3.05, 3.63) is 101 Å². The van der Waals surface area contributed by atoms with Crippen molar-refractivity contribution in [2.24, 2.45) is 0 Å². The van der Waals surface area contributed by atoms with Crippen LogP contribution >= 0.6 is 0 Å². The van der Waals surface area contributed by atoms with Gasteiger partial charge in [-0.2, -0.15) is 0 Å². The van der Waals surface area contributed by atoms with Crippen molar-refractivity contribution in [3.8, 4) is 11.5 Å². The highest BCUT2D eigenvalue weighted by molar-refractivity contribution is 5.81. The first kappa shape index (κ1) is 22.6. The van der Waals surface area contributed by atoms with Gasteiger partial charge in [0.15, 0.2) is 0 Å². The number of hydrogen-bond acceptors (Lipinski definition) is 2. The van der Waals surface area contributed by atoms with E-state index in [1.165, 1.54) is 12.8 Å². The molecular formula is C28H31FO2. The Bertz CT molecular complexity index is 995. The van der Waals surface area contributed by atoms with E-state index >= 15 is 0 Å². The predicted molar refractivity (Wildman–Crippen MR) is 126 cm³/mol. The average molecular weight is 419 g/mol. The molecule has 0 unspecified atom stereocenters. The summed E-state index contributed by atoms with van der Waals surface area (Å²) in [4.78, 5) is 0. The Morgan fingerprint density at radius 2 is 1.74 bits per heavy atom. The maximum absolute atomic E-state index is 14.7. The van der Waals surface area contributed by atoms with Crippen molar-refractivity contribution in [1.29, 1.82) is 0 Å². The van der Waals surface area contributed by atoms with E-state index in [0.29, 0.717) is 18.1 Å². The molecule has 0 aromatic heterocycles. The largest absolute Gasteiger partial charge is 0.496 e. The smallest absolute Gasteiger partial charge is 0.130 e. The third kappa shape index (κ3) is 6.21. The molecule has 2 nitrogen and oxygen atoms in total. The van der Waals surface area contributed by atoms with E-state index < -0.39 is 0 Å². The number of hydrogen-bond donors (Lipinski definition) is 0. The van der Waals surface area contributed by atoms with Crippen LogP contribution in [0.25, 0.3) is 5.57 Å². The first-order valence-corrected chi connectivity index (χ1v) is 10.9. The van der Waals surface area contributed by atoms with Gasteiger partial charge in [0.05, 0.1) is 7.11 Å². The molecule has 0 saturated carbocycles. The van der Waals surface area contributed by atoms with Gasteiger partial charge >= 0.3 is 0 Å². The number of rotatable bonds is 11. The maximum atomic E-state index is 14.7. The molecule has 31 heavy (non-hydrogen) atoms. The summed E-state index contributed by atoms with van der Waals surface area (Å²) in [5, 5.41) is 0. The second-order valence-electron chi connectivity index (χ2n) is 7.73. The van der Waals surface area contributed by atoms with Gasteiger partial charge in [0.25, 0.3) is 0 Å². The summed E-state index contributed by atoms with van der Waals surface area (Å²) in [6.07, 6.45) is 5.31. The molecule has 0 atom stereocenters. The SMILES string of the molecule is C=C(c1ccc(CCCCCC)c(F)c1)c1ccc(OCc2ccccc2)cc1OC. The van der Waals surface area contributed by atoms with Gasteiger partial charge in [0.2, 0.25) is 0 Å². The first-order chi connectivity index (χ1) is 15.1. The van der Waals surface area contributed by atoms with Crippen molar-refractivity contribution < 1.29 is 13.9 Å². The summed E-state index contributed by atoms with van der Waals surface area (Å²) in [5.41, 5.74) is 4.17. The van der Waals surface area contributed by atoms with Crippen LogP contribution in [0.2, 0.25) is 0 Å². The fraction of sp³-hybridized carbons (Fsp3) is 0.286. The molecule has 0 spiro atoms. The Morgan fingerprint density at radius 3 is 2.45 bits per heavy atom. The van der Waals surface area contributed by atoms with E-state index in [0.717, 1.165) is 47.1 Å². The number of unbranched alkanes of at least 4 members (excludes halogenated alkanes) is 3. The van der Waals surface area contributed by atoms with Gasteiger partial charge in [-0.3, -0.25) is 0 Å². The Kier molecular flexibility index (Phi) is 8.28. The molecule has 0 radical (unpaired) electrons. The summed E-state index contributed by atoms with van der Waals surface area (Å²) < 4.78 is 26.1. The zero-order chi connectivity index (χ0) is 22.1. The molecule has 0 bridgehead atoms. The van der Waals surface area contributed by atoms with Crippen molar-refractivity contribution in [2.75, 3.05) is 7.11 Å². The van der Waals surface area contributed by atoms with Crippen LogP contribution in [0.1, 0.15) is 54.9 Å². The lowest BCUT2D eigenvalue weighted by Crippen LogP contribution is -1.98. The number of halogens is 1. The van der Waals surface area contributed by atoms with Crippen LogP contribution in [0.5, 0.6) is 11.5 Å². The quantitative estimate of drug-likeness (QED) is 0.299. The molecule has 3 aromatic carbocycles. The van der Waals surface area contributed by atoms with Crippen LogP contribution in [0.15, 0.2) is 73.3 Å². The van der Waals surface area contributed by atoms with Gasteiger partial charge in [-0.1, -0.05) is 75.2 Å². The average Bonchev–Trinajstić information content (AvgIpc) is 2.81. The highest BCUT2D eigenvalue weighted by atomic mass is 19.1. The molecule has 162 valence electrons. The van der Waals surface area contributed by atoms with Crippen molar-refractivity contribution >= 4 is 5.57 Å². The summed E-state index contributed by atoms with van der Waals surface area (Å²) >= 11 is 0. The molecule has 0 fully saturated rings. The van der Waals surface area contributed by atoms with E-state index in [1.807, 2.05) is 60.7 Å². The van der Waals surface area contributed by atoms with Gasteiger partial charge < -0.3 is 9.47 Å². The molecular weight excluding hydrogens is 387 g/mol. The minimum Gasteiger partial charge on any atom is -0.496 e. The summed E-state index contributed by atoms with van der Waals surface area (Å²) in [5.74, 6) is 1.20. The van der Waals surface area contributed by atoms with Crippen molar-refractivity contribution in [1.82, 2.24) is 0 Å². The van der Waals surface area contributed by atoms with E-state index in [9.17, 15) is 4.39 Å². The molecule has 0 amide bonds. The van der Waals surface area contributed by atoms with Crippen molar-refractivity contribution in [2.45, 2.75) is 45.6 Å². The monoisotopic (exact) mass is 418 g/mol.